The number of hydrogen-bond acceptors (Lipinski definition) is 5. The lowest BCUT2D eigenvalue weighted by molar-refractivity contribution is 0.101. The largest absolute Gasteiger partial charge is 0.387 e. The van der Waals surface area contributed by atoms with Gasteiger partial charge >= 0.3 is 0 Å². The van der Waals surface area contributed by atoms with E-state index in [0.29, 0.717) is 23.8 Å². The number of nitrogens with zero attached hydrogens (tertiary/aromatic N) is 3. The van der Waals surface area contributed by atoms with E-state index in [-0.39, 0.29) is 11.9 Å². The van der Waals surface area contributed by atoms with Gasteiger partial charge in [-0.25, -0.2) is 4.39 Å². The van der Waals surface area contributed by atoms with Crippen molar-refractivity contribution in [3.05, 3.63) is 47.4 Å². The molecule has 0 saturated carbocycles. The van der Waals surface area contributed by atoms with Crippen LogP contribution in [0.15, 0.2) is 28.8 Å². The highest BCUT2D eigenvalue weighted by Gasteiger charge is 2.31. The molecule has 1 aromatic carbocycles. The third-order valence-corrected chi connectivity index (χ3v) is 3.88. The van der Waals surface area contributed by atoms with Gasteiger partial charge in [0.25, 0.3) is 0 Å². The summed E-state index contributed by atoms with van der Waals surface area (Å²) in [6, 6.07) is 6.35. The third-order valence-electron chi connectivity index (χ3n) is 3.88. The van der Waals surface area contributed by atoms with Crippen LogP contribution in [-0.4, -0.2) is 33.2 Å². The van der Waals surface area contributed by atoms with Crippen LogP contribution in [0.25, 0.3) is 0 Å². The molecule has 0 radical (unpaired) electrons. The molecule has 2 aromatic rings. The number of benzene rings is 1. The predicted molar refractivity (Wildman–Crippen MR) is 73.9 cm³/mol. The molecule has 0 spiro atoms. The van der Waals surface area contributed by atoms with Crippen LogP contribution >= 0.6 is 0 Å². The molecule has 21 heavy (non-hydrogen) atoms. The van der Waals surface area contributed by atoms with Crippen LogP contribution in [0.4, 0.5) is 4.39 Å². The smallest absolute Gasteiger partial charge is 0.223 e. The summed E-state index contributed by atoms with van der Waals surface area (Å²) in [7, 11) is 0. The van der Waals surface area contributed by atoms with Crippen molar-refractivity contribution in [2.24, 2.45) is 0 Å². The Morgan fingerprint density at radius 1 is 1.48 bits per heavy atom. The fourth-order valence-electron chi connectivity index (χ4n) is 2.85. The quantitative estimate of drug-likeness (QED) is 0.937. The molecule has 1 N–H and O–H groups in total. The molecule has 0 amide bonds. The summed E-state index contributed by atoms with van der Waals surface area (Å²) < 4.78 is 18.7. The highest BCUT2D eigenvalue weighted by atomic mass is 19.1. The Bertz CT molecular complexity index is 616. The molecule has 1 saturated heterocycles. The van der Waals surface area contributed by atoms with E-state index in [1.54, 1.807) is 25.1 Å². The highest BCUT2D eigenvalue weighted by Crippen LogP contribution is 2.32. The fraction of sp³-hybridized carbons (Fsp3) is 0.467. The van der Waals surface area contributed by atoms with Gasteiger partial charge in [0, 0.05) is 19.0 Å². The molecule has 6 heteroatoms. The fourth-order valence-corrected chi connectivity index (χ4v) is 2.85. The maximum atomic E-state index is 13.7. The molecule has 2 unspecified atom stereocenters. The summed E-state index contributed by atoms with van der Waals surface area (Å²) in [5.74, 6) is 0.799. The van der Waals surface area contributed by atoms with Crippen LogP contribution in [-0.2, 0) is 0 Å². The minimum Gasteiger partial charge on any atom is -0.387 e. The topological polar surface area (TPSA) is 62.4 Å². The molecule has 2 heterocycles. The molecule has 5 nitrogen and oxygen atoms in total. The average Bonchev–Trinajstić information content (AvgIpc) is 3.08. The molecular weight excluding hydrogens is 273 g/mol. The Balaban J connectivity index is 1.73. The third kappa shape index (κ3) is 2.96. The number of halogens is 1. The maximum absolute atomic E-state index is 13.7. The molecule has 0 aliphatic carbocycles. The zero-order valence-electron chi connectivity index (χ0n) is 11.9. The van der Waals surface area contributed by atoms with Gasteiger partial charge in [0.1, 0.15) is 5.82 Å². The lowest BCUT2D eigenvalue weighted by Crippen LogP contribution is -2.29. The molecule has 1 aromatic heterocycles. The number of hydrogen-bond donors (Lipinski definition) is 1. The lowest BCUT2D eigenvalue weighted by Gasteiger charge is -2.25. The molecule has 2 atom stereocenters. The van der Waals surface area contributed by atoms with E-state index in [2.05, 4.69) is 15.0 Å². The minimum atomic E-state index is -0.861. The van der Waals surface area contributed by atoms with Crippen LogP contribution in [0.1, 0.15) is 42.3 Å². The van der Waals surface area contributed by atoms with Crippen molar-refractivity contribution >= 4 is 0 Å². The van der Waals surface area contributed by atoms with E-state index in [4.69, 9.17) is 4.52 Å². The van der Waals surface area contributed by atoms with E-state index >= 15 is 0 Å². The summed E-state index contributed by atoms with van der Waals surface area (Å²) in [6.07, 6.45) is 1.06. The zero-order valence-corrected chi connectivity index (χ0v) is 11.9. The molecular formula is C15H18FN3O2. The second kappa shape index (κ2) is 5.91. The van der Waals surface area contributed by atoms with Crippen molar-refractivity contribution in [1.29, 1.82) is 0 Å². The van der Waals surface area contributed by atoms with Gasteiger partial charge in [0.05, 0.1) is 12.1 Å². The second-order valence-electron chi connectivity index (χ2n) is 5.36. The van der Waals surface area contributed by atoms with Crippen LogP contribution < -0.4 is 0 Å². The number of rotatable bonds is 4. The Labute approximate surface area is 122 Å². The van der Waals surface area contributed by atoms with Crippen LogP contribution in [0.3, 0.4) is 0 Å². The molecule has 112 valence electrons. The average molecular weight is 291 g/mol. The summed E-state index contributed by atoms with van der Waals surface area (Å²) >= 11 is 0. The van der Waals surface area contributed by atoms with Crippen molar-refractivity contribution in [3.63, 3.8) is 0 Å². The van der Waals surface area contributed by atoms with E-state index < -0.39 is 6.10 Å². The lowest BCUT2D eigenvalue weighted by atomic mass is 10.1. The molecule has 1 fully saturated rings. The minimum absolute atomic E-state index is 0.0314. The number of likely N-dealkylation sites (tertiary alicyclic amines) is 1. The summed E-state index contributed by atoms with van der Waals surface area (Å²) in [4.78, 5) is 6.35. The molecule has 3 rings (SSSR count). The van der Waals surface area contributed by atoms with Gasteiger partial charge in [-0.05, 0) is 25.5 Å². The number of aliphatic hydroxyl groups is 1. The first-order valence-electron chi connectivity index (χ1n) is 7.12. The van der Waals surface area contributed by atoms with Gasteiger partial charge < -0.3 is 9.63 Å². The van der Waals surface area contributed by atoms with Gasteiger partial charge in [-0.3, -0.25) is 4.90 Å². The maximum Gasteiger partial charge on any atom is 0.223 e. The summed E-state index contributed by atoms with van der Waals surface area (Å²) in [5, 5.41) is 14.2. The van der Waals surface area contributed by atoms with E-state index in [1.807, 2.05) is 0 Å². The van der Waals surface area contributed by atoms with Crippen molar-refractivity contribution in [2.45, 2.75) is 31.9 Å². The second-order valence-corrected chi connectivity index (χ2v) is 5.36. The Kier molecular flexibility index (Phi) is 3.98. The first kappa shape index (κ1) is 14.2. The number of β-amino-alcohol motifs (C(OH)–C–C–N with tert-alkyl or cyclic N) is 1. The SMILES string of the molecule is Cc1nc(C2CCCN2CC(O)c2ccccc2F)no1. The Morgan fingerprint density at radius 3 is 3.00 bits per heavy atom. The van der Waals surface area contributed by atoms with Gasteiger partial charge in [-0.1, -0.05) is 23.4 Å². The Morgan fingerprint density at radius 2 is 2.29 bits per heavy atom. The molecule has 1 aliphatic rings. The van der Waals surface area contributed by atoms with Gasteiger partial charge in [-0.2, -0.15) is 4.98 Å². The van der Waals surface area contributed by atoms with Crippen LogP contribution in [0.5, 0.6) is 0 Å². The monoisotopic (exact) mass is 291 g/mol. The van der Waals surface area contributed by atoms with Crippen LogP contribution in [0, 0.1) is 12.7 Å². The highest BCUT2D eigenvalue weighted by molar-refractivity contribution is 5.20. The number of aryl methyl sites for hydroxylation is 1. The van der Waals surface area contributed by atoms with Crippen molar-refractivity contribution in [2.75, 3.05) is 13.1 Å². The molecule has 1 aliphatic heterocycles. The number of aromatic nitrogens is 2. The van der Waals surface area contributed by atoms with Gasteiger partial charge in [0.2, 0.25) is 5.89 Å². The zero-order chi connectivity index (χ0) is 14.8. The Hall–Kier alpha value is -1.79. The van der Waals surface area contributed by atoms with Crippen LogP contribution in [0.2, 0.25) is 0 Å². The normalized spacial score (nSPS) is 20.8. The standard InChI is InChI=1S/C15H18FN3O2/c1-10-17-15(18-21-10)13-7-4-8-19(13)9-14(20)11-5-2-3-6-12(11)16/h2-3,5-6,13-14,20H,4,7-9H2,1H3. The van der Waals surface area contributed by atoms with E-state index in [0.717, 1.165) is 19.4 Å². The molecule has 0 bridgehead atoms. The summed E-state index contributed by atoms with van der Waals surface area (Å²) in [6.45, 7) is 2.95. The predicted octanol–water partition coefficient (Wildman–Crippen LogP) is 2.39. The van der Waals surface area contributed by atoms with E-state index in [1.165, 1.54) is 6.07 Å². The van der Waals surface area contributed by atoms with Crippen molar-refractivity contribution < 1.29 is 14.0 Å². The van der Waals surface area contributed by atoms with Crippen molar-refractivity contribution in [1.82, 2.24) is 15.0 Å². The summed E-state index contributed by atoms with van der Waals surface area (Å²) in [5.41, 5.74) is 0.326. The number of aliphatic hydroxyl groups excluding tert-OH is 1. The van der Waals surface area contributed by atoms with Crippen molar-refractivity contribution in [3.8, 4) is 0 Å². The first-order valence-corrected chi connectivity index (χ1v) is 7.12. The van der Waals surface area contributed by atoms with E-state index in [9.17, 15) is 9.50 Å². The van der Waals surface area contributed by atoms with Gasteiger partial charge in [-0.15, -0.1) is 0 Å². The van der Waals surface area contributed by atoms with Gasteiger partial charge in [0.15, 0.2) is 5.82 Å². The first-order chi connectivity index (χ1) is 10.1.